The SMILES string of the molecule is CCC1CCNC(C(=O)NCCN2CCCC2)C1. The zero-order valence-electron chi connectivity index (χ0n) is 11.6. The third-order valence-corrected chi connectivity index (χ3v) is 4.33. The van der Waals surface area contributed by atoms with E-state index >= 15 is 0 Å². The maximum atomic E-state index is 12.0. The number of hydrogen-bond donors (Lipinski definition) is 2. The van der Waals surface area contributed by atoms with Crippen molar-refractivity contribution >= 4 is 5.91 Å². The summed E-state index contributed by atoms with van der Waals surface area (Å²) in [5, 5.41) is 6.42. The van der Waals surface area contributed by atoms with E-state index in [4.69, 9.17) is 0 Å². The fourth-order valence-corrected chi connectivity index (χ4v) is 3.03. The van der Waals surface area contributed by atoms with Crippen LogP contribution in [0.3, 0.4) is 0 Å². The largest absolute Gasteiger partial charge is 0.353 e. The van der Waals surface area contributed by atoms with E-state index in [-0.39, 0.29) is 11.9 Å². The standard InChI is InChI=1S/C14H27N3O/c1-2-12-5-6-15-13(11-12)14(18)16-7-10-17-8-3-4-9-17/h12-13,15H,2-11H2,1H3,(H,16,18). The minimum absolute atomic E-state index is 0.0438. The van der Waals surface area contributed by atoms with E-state index in [2.05, 4.69) is 22.5 Å². The highest BCUT2D eigenvalue weighted by atomic mass is 16.2. The maximum absolute atomic E-state index is 12.0. The second-order valence-electron chi connectivity index (χ2n) is 5.65. The Morgan fingerprint density at radius 3 is 2.89 bits per heavy atom. The number of likely N-dealkylation sites (tertiary alicyclic amines) is 1. The molecule has 4 nitrogen and oxygen atoms in total. The van der Waals surface area contributed by atoms with Crippen LogP contribution in [0.1, 0.15) is 39.0 Å². The molecule has 1 amide bonds. The Morgan fingerprint density at radius 2 is 2.17 bits per heavy atom. The molecule has 0 saturated carbocycles. The molecular formula is C14H27N3O. The van der Waals surface area contributed by atoms with E-state index in [9.17, 15) is 4.79 Å². The van der Waals surface area contributed by atoms with Crippen molar-refractivity contribution < 1.29 is 4.79 Å². The smallest absolute Gasteiger partial charge is 0.237 e. The summed E-state index contributed by atoms with van der Waals surface area (Å²) < 4.78 is 0. The molecule has 2 aliphatic rings. The molecule has 2 aliphatic heterocycles. The van der Waals surface area contributed by atoms with E-state index in [1.54, 1.807) is 0 Å². The molecule has 0 aromatic rings. The lowest BCUT2D eigenvalue weighted by molar-refractivity contribution is -0.124. The molecule has 0 radical (unpaired) electrons. The summed E-state index contributed by atoms with van der Waals surface area (Å²) in [5.74, 6) is 0.924. The fraction of sp³-hybridized carbons (Fsp3) is 0.929. The number of hydrogen-bond acceptors (Lipinski definition) is 3. The first-order valence-corrected chi connectivity index (χ1v) is 7.53. The minimum atomic E-state index is 0.0438. The number of carbonyl (C=O) groups is 1. The summed E-state index contributed by atoms with van der Waals surface area (Å²) in [7, 11) is 0. The molecule has 2 rings (SSSR count). The molecule has 2 heterocycles. The van der Waals surface area contributed by atoms with Gasteiger partial charge in [0, 0.05) is 13.1 Å². The predicted molar refractivity (Wildman–Crippen MR) is 73.5 cm³/mol. The van der Waals surface area contributed by atoms with Crippen molar-refractivity contribution in [3.63, 3.8) is 0 Å². The third kappa shape index (κ3) is 3.95. The molecular weight excluding hydrogens is 226 g/mol. The second kappa shape index (κ2) is 7.10. The Labute approximate surface area is 110 Å². The van der Waals surface area contributed by atoms with Crippen molar-refractivity contribution in [1.82, 2.24) is 15.5 Å². The molecule has 0 bridgehead atoms. The summed E-state index contributed by atoms with van der Waals surface area (Å²) in [6.45, 7) is 7.43. The number of carbonyl (C=O) groups excluding carboxylic acids is 1. The average Bonchev–Trinajstić information content (AvgIpc) is 2.92. The van der Waals surface area contributed by atoms with Gasteiger partial charge in [0.25, 0.3) is 0 Å². The fourth-order valence-electron chi connectivity index (χ4n) is 3.03. The Kier molecular flexibility index (Phi) is 5.45. The first kappa shape index (κ1) is 13.8. The molecule has 2 unspecified atom stereocenters. The molecule has 0 aliphatic carbocycles. The van der Waals surface area contributed by atoms with E-state index < -0.39 is 0 Å². The molecule has 2 atom stereocenters. The van der Waals surface area contributed by atoms with Crippen LogP contribution in [0, 0.1) is 5.92 Å². The van der Waals surface area contributed by atoms with Gasteiger partial charge in [-0.1, -0.05) is 13.3 Å². The van der Waals surface area contributed by atoms with Gasteiger partial charge in [0.05, 0.1) is 6.04 Å². The normalized spacial score (nSPS) is 29.4. The van der Waals surface area contributed by atoms with Gasteiger partial charge in [0.1, 0.15) is 0 Å². The summed E-state index contributed by atoms with van der Waals surface area (Å²) in [5.41, 5.74) is 0. The van der Waals surface area contributed by atoms with Crippen LogP contribution in [-0.2, 0) is 4.79 Å². The minimum Gasteiger partial charge on any atom is -0.353 e. The molecule has 0 aromatic carbocycles. The first-order chi connectivity index (χ1) is 8.79. The molecule has 2 saturated heterocycles. The lowest BCUT2D eigenvalue weighted by Gasteiger charge is -2.29. The molecule has 2 N–H and O–H groups in total. The first-order valence-electron chi connectivity index (χ1n) is 7.53. The molecule has 104 valence electrons. The van der Waals surface area contributed by atoms with Crippen LogP contribution in [0.5, 0.6) is 0 Å². The third-order valence-electron chi connectivity index (χ3n) is 4.33. The molecule has 0 aromatic heterocycles. The monoisotopic (exact) mass is 253 g/mol. The van der Waals surface area contributed by atoms with Gasteiger partial charge in [0.2, 0.25) is 5.91 Å². The van der Waals surface area contributed by atoms with Crippen LogP contribution in [0.4, 0.5) is 0 Å². The summed E-state index contributed by atoms with van der Waals surface area (Å²) in [6, 6.07) is 0.0438. The maximum Gasteiger partial charge on any atom is 0.237 e. The van der Waals surface area contributed by atoms with Gasteiger partial charge in [-0.3, -0.25) is 4.79 Å². The zero-order valence-corrected chi connectivity index (χ0v) is 11.6. The quantitative estimate of drug-likeness (QED) is 0.767. The van der Waals surface area contributed by atoms with E-state index in [0.29, 0.717) is 0 Å². The highest BCUT2D eigenvalue weighted by molar-refractivity contribution is 5.81. The van der Waals surface area contributed by atoms with Crippen molar-refractivity contribution in [3.8, 4) is 0 Å². The van der Waals surface area contributed by atoms with Crippen molar-refractivity contribution in [2.75, 3.05) is 32.7 Å². The lowest BCUT2D eigenvalue weighted by atomic mass is 9.90. The van der Waals surface area contributed by atoms with Crippen LogP contribution in [0.15, 0.2) is 0 Å². The van der Waals surface area contributed by atoms with E-state index in [1.807, 2.05) is 0 Å². The number of nitrogens with zero attached hydrogens (tertiary/aromatic N) is 1. The molecule has 4 heteroatoms. The van der Waals surface area contributed by atoms with Crippen LogP contribution >= 0.6 is 0 Å². The average molecular weight is 253 g/mol. The lowest BCUT2D eigenvalue weighted by Crippen LogP contribution is -2.49. The Morgan fingerprint density at radius 1 is 1.39 bits per heavy atom. The van der Waals surface area contributed by atoms with Gasteiger partial charge < -0.3 is 15.5 Å². The van der Waals surface area contributed by atoms with Gasteiger partial charge in [-0.25, -0.2) is 0 Å². The van der Waals surface area contributed by atoms with Crippen LogP contribution < -0.4 is 10.6 Å². The van der Waals surface area contributed by atoms with Crippen LogP contribution in [0.2, 0.25) is 0 Å². The van der Waals surface area contributed by atoms with Crippen molar-refractivity contribution in [3.05, 3.63) is 0 Å². The number of piperidine rings is 1. The Bertz CT molecular complexity index is 264. The van der Waals surface area contributed by atoms with Crippen molar-refractivity contribution in [1.29, 1.82) is 0 Å². The van der Waals surface area contributed by atoms with E-state index in [1.165, 1.54) is 38.8 Å². The molecule has 2 fully saturated rings. The highest BCUT2D eigenvalue weighted by Crippen LogP contribution is 2.19. The van der Waals surface area contributed by atoms with Gasteiger partial charge in [-0.15, -0.1) is 0 Å². The highest BCUT2D eigenvalue weighted by Gasteiger charge is 2.25. The van der Waals surface area contributed by atoms with E-state index in [0.717, 1.165) is 32.0 Å². The van der Waals surface area contributed by atoms with Gasteiger partial charge in [0.15, 0.2) is 0 Å². The Hall–Kier alpha value is -0.610. The molecule has 18 heavy (non-hydrogen) atoms. The zero-order chi connectivity index (χ0) is 12.8. The van der Waals surface area contributed by atoms with Crippen LogP contribution in [-0.4, -0.2) is 49.6 Å². The summed E-state index contributed by atoms with van der Waals surface area (Å²) in [6.07, 6.45) is 6.05. The topological polar surface area (TPSA) is 44.4 Å². The molecule has 0 spiro atoms. The van der Waals surface area contributed by atoms with Crippen molar-refractivity contribution in [2.24, 2.45) is 5.92 Å². The van der Waals surface area contributed by atoms with Gasteiger partial charge in [-0.2, -0.15) is 0 Å². The Balaban J connectivity index is 1.64. The summed E-state index contributed by atoms with van der Waals surface area (Å²) in [4.78, 5) is 14.5. The number of nitrogens with one attached hydrogen (secondary N) is 2. The predicted octanol–water partition coefficient (Wildman–Crippen LogP) is 0.977. The second-order valence-corrected chi connectivity index (χ2v) is 5.65. The number of amides is 1. The van der Waals surface area contributed by atoms with Gasteiger partial charge in [-0.05, 0) is 51.2 Å². The summed E-state index contributed by atoms with van der Waals surface area (Å²) >= 11 is 0. The van der Waals surface area contributed by atoms with Crippen LogP contribution in [0.25, 0.3) is 0 Å². The number of rotatable bonds is 5. The van der Waals surface area contributed by atoms with Crippen molar-refractivity contribution in [2.45, 2.75) is 45.1 Å². The van der Waals surface area contributed by atoms with Gasteiger partial charge >= 0.3 is 0 Å².